The van der Waals surface area contributed by atoms with Crippen molar-refractivity contribution in [3.8, 4) is 0 Å². The van der Waals surface area contributed by atoms with Gasteiger partial charge in [-0.25, -0.2) is 9.78 Å². The summed E-state index contributed by atoms with van der Waals surface area (Å²) in [7, 11) is 1.34. The van der Waals surface area contributed by atoms with Gasteiger partial charge in [0.15, 0.2) is 5.69 Å². The third-order valence-electron chi connectivity index (χ3n) is 6.73. The number of esters is 1. The molecule has 0 unspecified atom stereocenters. The first-order valence-electron chi connectivity index (χ1n) is 13.2. The second kappa shape index (κ2) is 12.0. The number of aliphatic hydroxyl groups is 1. The summed E-state index contributed by atoms with van der Waals surface area (Å²) in [5.74, 6) is -1.01. The van der Waals surface area contributed by atoms with E-state index in [4.69, 9.17) is 14.5 Å². The Hall–Kier alpha value is -3.43. The molecular formula is C29H38N4O5. The molecule has 9 heteroatoms. The quantitative estimate of drug-likeness (QED) is 0.320. The van der Waals surface area contributed by atoms with Crippen LogP contribution < -0.4 is 10.6 Å². The number of hydrogen-bond donors (Lipinski definition) is 3. The SMILES string of the molecule is COC(=O)c1c(NC(=O)[C@@H]2CCOC2)c2cc(N[C@H](C)CC(C)(C)O)cnc2n1CCCc1ccccc1. The molecule has 1 aromatic carbocycles. The number of hydrogen-bond acceptors (Lipinski definition) is 7. The lowest BCUT2D eigenvalue weighted by Gasteiger charge is -2.23. The molecule has 0 aliphatic carbocycles. The zero-order valence-corrected chi connectivity index (χ0v) is 22.6. The number of carbonyl (C=O) groups excluding carboxylic acids is 2. The number of carbonyl (C=O) groups is 2. The van der Waals surface area contributed by atoms with Gasteiger partial charge in [-0.1, -0.05) is 30.3 Å². The normalized spacial score (nSPS) is 16.4. The van der Waals surface area contributed by atoms with Gasteiger partial charge >= 0.3 is 5.97 Å². The second-order valence-electron chi connectivity index (χ2n) is 10.7. The van der Waals surface area contributed by atoms with E-state index < -0.39 is 11.6 Å². The van der Waals surface area contributed by atoms with E-state index in [1.165, 1.54) is 12.7 Å². The fourth-order valence-corrected chi connectivity index (χ4v) is 5.09. The fraction of sp³-hybridized carbons (Fsp3) is 0.483. The van der Waals surface area contributed by atoms with Gasteiger partial charge in [-0.2, -0.15) is 0 Å². The molecule has 1 aliphatic rings. The molecule has 1 fully saturated rings. The highest BCUT2D eigenvalue weighted by Gasteiger charge is 2.30. The van der Waals surface area contributed by atoms with Gasteiger partial charge in [-0.3, -0.25) is 4.79 Å². The molecule has 4 rings (SSSR count). The van der Waals surface area contributed by atoms with Crippen LogP contribution in [-0.2, 0) is 27.2 Å². The molecule has 1 aliphatic heterocycles. The number of rotatable bonds is 11. The van der Waals surface area contributed by atoms with Crippen LogP contribution >= 0.6 is 0 Å². The topological polar surface area (TPSA) is 115 Å². The van der Waals surface area contributed by atoms with Crippen LogP contribution in [0.5, 0.6) is 0 Å². The summed E-state index contributed by atoms with van der Waals surface area (Å²) in [6, 6.07) is 12.0. The standard InChI is InChI=1S/C29H38N4O5/c1-19(16-29(2,3)36)31-22-15-23-24(32-27(34)21-12-14-38-18-21)25(28(35)37-4)33(26(23)30-17-22)13-8-11-20-9-6-5-7-10-20/h5-7,9-10,15,17,19,21,31,36H,8,11-14,16,18H2,1-4H3,(H,32,34)/t19-,21-/m1/s1. The number of amides is 1. The summed E-state index contributed by atoms with van der Waals surface area (Å²) in [5.41, 5.74) is 2.38. The van der Waals surface area contributed by atoms with Crippen LogP contribution in [0.25, 0.3) is 11.0 Å². The van der Waals surface area contributed by atoms with Crippen molar-refractivity contribution < 1.29 is 24.2 Å². The third kappa shape index (κ3) is 6.71. The van der Waals surface area contributed by atoms with Crippen LogP contribution in [0.4, 0.5) is 11.4 Å². The van der Waals surface area contributed by atoms with E-state index in [0.29, 0.717) is 49.3 Å². The number of fused-ring (bicyclic) bond motifs is 1. The molecule has 204 valence electrons. The maximum atomic E-state index is 13.1. The number of aromatic nitrogens is 2. The van der Waals surface area contributed by atoms with Crippen LogP contribution in [0.2, 0.25) is 0 Å². The minimum absolute atomic E-state index is 0.0315. The van der Waals surface area contributed by atoms with E-state index in [9.17, 15) is 14.7 Å². The summed E-state index contributed by atoms with van der Waals surface area (Å²) < 4.78 is 12.4. The largest absolute Gasteiger partial charge is 0.464 e. The molecule has 2 atom stereocenters. The molecule has 9 nitrogen and oxygen atoms in total. The van der Waals surface area contributed by atoms with E-state index in [1.807, 2.05) is 35.8 Å². The van der Waals surface area contributed by atoms with E-state index in [2.05, 4.69) is 22.8 Å². The monoisotopic (exact) mass is 522 g/mol. The molecule has 38 heavy (non-hydrogen) atoms. The van der Waals surface area contributed by atoms with Crippen molar-refractivity contribution >= 4 is 34.3 Å². The molecule has 0 radical (unpaired) electrons. The molecule has 0 bridgehead atoms. The van der Waals surface area contributed by atoms with Gasteiger partial charge in [0.05, 0.1) is 42.8 Å². The Morgan fingerprint density at radius 1 is 1.29 bits per heavy atom. The molecule has 0 spiro atoms. The van der Waals surface area contributed by atoms with Gasteiger partial charge in [0.25, 0.3) is 0 Å². The average Bonchev–Trinajstić information content (AvgIpc) is 3.51. The highest BCUT2D eigenvalue weighted by Crippen LogP contribution is 2.34. The molecule has 0 saturated carbocycles. The molecule has 2 aromatic heterocycles. The highest BCUT2D eigenvalue weighted by molar-refractivity contribution is 6.11. The second-order valence-corrected chi connectivity index (χ2v) is 10.7. The summed E-state index contributed by atoms with van der Waals surface area (Å²) in [6.07, 6.45) is 4.48. The molecule has 3 aromatic rings. The smallest absolute Gasteiger partial charge is 0.356 e. The predicted molar refractivity (Wildman–Crippen MR) is 147 cm³/mol. The zero-order valence-electron chi connectivity index (χ0n) is 22.6. The van der Waals surface area contributed by atoms with E-state index in [0.717, 1.165) is 18.5 Å². The summed E-state index contributed by atoms with van der Waals surface area (Å²) in [5, 5.41) is 17.3. The average molecular weight is 523 g/mol. The number of ether oxygens (including phenoxy) is 2. The highest BCUT2D eigenvalue weighted by atomic mass is 16.5. The number of nitrogens with zero attached hydrogens (tertiary/aromatic N) is 2. The fourth-order valence-electron chi connectivity index (χ4n) is 5.09. The Bertz CT molecular complexity index is 1260. The van der Waals surface area contributed by atoms with Crippen LogP contribution in [-0.4, -0.2) is 58.5 Å². The number of methoxy groups -OCH3 is 1. The number of nitrogens with one attached hydrogen (secondary N) is 2. The first-order chi connectivity index (χ1) is 18.2. The van der Waals surface area contributed by atoms with Crippen molar-refractivity contribution in [1.82, 2.24) is 9.55 Å². The van der Waals surface area contributed by atoms with Gasteiger partial charge in [0.1, 0.15) is 5.65 Å². The Balaban J connectivity index is 1.72. The maximum absolute atomic E-state index is 13.1. The van der Waals surface area contributed by atoms with Gasteiger partial charge in [-0.05, 0) is 58.1 Å². The van der Waals surface area contributed by atoms with Gasteiger partial charge < -0.3 is 29.8 Å². The van der Waals surface area contributed by atoms with Crippen LogP contribution in [0, 0.1) is 5.92 Å². The van der Waals surface area contributed by atoms with E-state index >= 15 is 0 Å². The minimum atomic E-state index is -0.827. The van der Waals surface area contributed by atoms with Crippen molar-refractivity contribution in [3.63, 3.8) is 0 Å². The van der Waals surface area contributed by atoms with Crippen LogP contribution in [0.1, 0.15) is 56.1 Å². The lowest BCUT2D eigenvalue weighted by molar-refractivity contribution is -0.119. The molecule has 1 saturated heterocycles. The summed E-state index contributed by atoms with van der Waals surface area (Å²) >= 11 is 0. The molecular weight excluding hydrogens is 484 g/mol. The Morgan fingerprint density at radius 3 is 2.71 bits per heavy atom. The first kappa shape index (κ1) is 27.6. The molecule has 3 heterocycles. The Kier molecular flexibility index (Phi) is 8.69. The Labute approximate surface area is 223 Å². The summed E-state index contributed by atoms with van der Waals surface area (Å²) in [6.45, 7) is 6.94. The van der Waals surface area contributed by atoms with Gasteiger partial charge in [0.2, 0.25) is 5.91 Å². The zero-order chi connectivity index (χ0) is 27.3. The minimum Gasteiger partial charge on any atom is -0.464 e. The molecule has 1 amide bonds. The maximum Gasteiger partial charge on any atom is 0.356 e. The number of aryl methyl sites for hydroxylation is 2. The van der Waals surface area contributed by atoms with Gasteiger partial charge in [0, 0.05) is 24.6 Å². The lowest BCUT2D eigenvalue weighted by Crippen LogP contribution is -2.29. The third-order valence-corrected chi connectivity index (χ3v) is 6.73. The van der Waals surface area contributed by atoms with E-state index in [1.54, 1.807) is 20.0 Å². The van der Waals surface area contributed by atoms with Gasteiger partial charge in [-0.15, -0.1) is 0 Å². The van der Waals surface area contributed by atoms with Crippen LogP contribution in [0.15, 0.2) is 42.6 Å². The molecule has 3 N–H and O–H groups in total. The van der Waals surface area contributed by atoms with E-state index in [-0.39, 0.29) is 23.6 Å². The first-order valence-corrected chi connectivity index (χ1v) is 13.2. The lowest BCUT2D eigenvalue weighted by atomic mass is 10.0. The number of anilines is 2. The van der Waals surface area contributed by atoms with Crippen molar-refractivity contribution in [2.24, 2.45) is 5.92 Å². The van der Waals surface area contributed by atoms with Crippen molar-refractivity contribution in [2.45, 2.75) is 64.6 Å². The van der Waals surface area contributed by atoms with Crippen molar-refractivity contribution in [2.75, 3.05) is 31.0 Å². The van der Waals surface area contributed by atoms with Crippen molar-refractivity contribution in [1.29, 1.82) is 0 Å². The number of pyridine rings is 1. The van der Waals surface area contributed by atoms with Crippen LogP contribution in [0.3, 0.4) is 0 Å². The predicted octanol–water partition coefficient (Wildman–Crippen LogP) is 4.39. The Morgan fingerprint density at radius 2 is 2.05 bits per heavy atom. The van der Waals surface area contributed by atoms with Crippen molar-refractivity contribution in [3.05, 3.63) is 53.9 Å². The number of benzene rings is 1. The summed E-state index contributed by atoms with van der Waals surface area (Å²) in [4.78, 5) is 30.9.